The van der Waals surface area contributed by atoms with Crippen molar-refractivity contribution < 1.29 is 0 Å². The zero-order valence-electron chi connectivity index (χ0n) is 9.90. The first-order valence-corrected chi connectivity index (χ1v) is 5.91. The van der Waals surface area contributed by atoms with E-state index in [4.69, 9.17) is 12.2 Å². The fraction of sp³-hybridized carbons (Fsp3) is 0.700. The summed E-state index contributed by atoms with van der Waals surface area (Å²) >= 11 is 5.35. The number of hydrogen-bond acceptors (Lipinski definition) is 3. The Morgan fingerprint density at radius 2 is 2.25 bits per heavy atom. The number of nitrogens with zero attached hydrogens (tertiary/aromatic N) is 4. The van der Waals surface area contributed by atoms with Crippen molar-refractivity contribution in [3.8, 4) is 0 Å². The highest BCUT2D eigenvalue weighted by Crippen LogP contribution is 2.15. The van der Waals surface area contributed by atoms with Crippen molar-refractivity contribution in [2.24, 2.45) is 7.05 Å². The highest BCUT2D eigenvalue weighted by molar-refractivity contribution is 7.80. The average molecular weight is 239 g/mol. The molecule has 1 aliphatic rings. The Kier molecular flexibility index (Phi) is 3.09. The minimum absolute atomic E-state index is 0.371. The largest absolute Gasteiger partial charge is 0.360 e. The Morgan fingerprint density at radius 1 is 1.50 bits per heavy atom. The van der Waals surface area contributed by atoms with Crippen LogP contribution >= 0.6 is 12.2 Å². The van der Waals surface area contributed by atoms with Gasteiger partial charge in [0.15, 0.2) is 5.11 Å². The van der Waals surface area contributed by atoms with Crippen LogP contribution in [0.2, 0.25) is 0 Å². The van der Waals surface area contributed by atoms with Crippen LogP contribution in [0.1, 0.15) is 25.2 Å². The Bertz CT molecular complexity index is 398. The second kappa shape index (κ2) is 4.37. The molecular weight excluding hydrogens is 222 g/mol. The number of aromatic nitrogens is 3. The molecule has 1 aromatic rings. The lowest BCUT2D eigenvalue weighted by atomic mass is 10.1. The minimum atomic E-state index is 0.371. The molecule has 0 aliphatic carbocycles. The van der Waals surface area contributed by atoms with E-state index in [2.05, 4.69) is 34.4 Å². The third-order valence-corrected chi connectivity index (χ3v) is 3.06. The second-order valence-electron chi connectivity index (χ2n) is 4.38. The number of nitrogens with one attached hydrogen (secondary N) is 1. The zero-order chi connectivity index (χ0) is 11.7. The molecule has 2 heterocycles. The molecule has 2 rings (SSSR count). The van der Waals surface area contributed by atoms with Gasteiger partial charge < -0.3 is 10.2 Å². The van der Waals surface area contributed by atoms with Gasteiger partial charge in [-0.2, -0.15) is 0 Å². The van der Waals surface area contributed by atoms with E-state index in [9.17, 15) is 0 Å². The molecule has 0 fully saturated rings. The van der Waals surface area contributed by atoms with Crippen molar-refractivity contribution in [1.29, 1.82) is 0 Å². The van der Waals surface area contributed by atoms with Gasteiger partial charge in [-0.15, -0.1) is 5.10 Å². The first kappa shape index (κ1) is 11.3. The van der Waals surface area contributed by atoms with E-state index in [0.717, 1.165) is 30.3 Å². The molecule has 16 heavy (non-hydrogen) atoms. The van der Waals surface area contributed by atoms with Crippen molar-refractivity contribution in [1.82, 2.24) is 25.2 Å². The lowest BCUT2D eigenvalue weighted by Crippen LogP contribution is -2.45. The summed E-state index contributed by atoms with van der Waals surface area (Å²) < 4.78 is 1.85. The quantitative estimate of drug-likeness (QED) is 0.721. The maximum Gasteiger partial charge on any atom is 0.169 e. The predicted molar refractivity (Wildman–Crippen MR) is 66.0 cm³/mol. The monoisotopic (exact) mass is 239 g/mol. The Labute approximate surface area is 101 Å². The van der Waals surface area contributed by atoms with E-state index < -0.39 is 0 Å². The molecule has 0 amide bonds. The van der Waals surface area contributed by atoms with E-state index in [1.165, 1.54) is 5.69 Å². The summed E-state index contributed by atoms with van der Waals surface area (Å²) in [6, 6.07) is 0.371. The number of thiocarbonyl (C=S) groups is 1. The third-order valence-electron chi connectivity index (χ3n) is 2.68. The number of hydrogen-bond donors (Lipinski definition) is 1. The van der Waals surface area contributed by atoms with Gasteiger partial charge in [-0.3, -0.25) is 4.68 Å². The molecule has 1 aromatic heterocycles. The van der Waals surface area contributed by atoms with Crippen LogP contribution in [0.15, 0.2) is 0 Å². The highest BCUT2D eigenvalue weighted by Gasteiger charge is 2.22. The summed E-state index contributed by atoms with van der Waals surface area (Å²) in [5.41, 5.74) is 2.27. The van der Waals surface area contributed by atoms with E-state index >= 15 is 0 Å². The summed E-state index contributed by atoms with van der Waals surface area (Å²) in [7, 11) is 1.94. The van der Waals surface area contributed by atoms with Gasteiger partial charge in [0.25, 0.3) is 0 Å². The Hall–Kier alpha value is -1.17. The molecule has 0 aromatic carbocycles. The Balaban J connectivity index is 2.05. The molecule has 0 saturated heterocycles. The minimum Gasteiger partial charge on any atom is -0.360 e. The molecule has 0 saturated carbocycles. The van der Waals surface area contributed by atoms with Gasteiger partial charge in [0.05, 0.1) is 12.2 Å². The average Bonchev–Trinajstić information content (AvgIpc) is 2.59. The van der Waals surface area contributed by atoms with E-state index in [1.807, 2.05) is 11.7 Å². The zero-order valence-corrected chi connectivity index (χ0v) is 10.7. The molecule has 6 heteroatoms. The maximum absolute atomic E-state index is 5.35. The fourth-order valence-corrected chi connectivity index (χ4v) is 2.25. The van der Waals surface area contributed by atoms with Gasteiger partial charge in [-0.25, -0.2) is 0 Å². The normalized spacial score (nSPS) is 15.1. The first-order valence-electron chi connectivity index (χ1n) is 5.51. The van der Waals surface area contributed by atoms with Gasteiger partial charge in [0.1, 0.15) is 5.69 Å². The molecule has 0 atom stereocenters. The number of fused-ring (bicyclic) bond motifs is 1. The van der Waals surface area contributed by atoms with Gasteiger partial charge >= 0.3 is 0 Å². The van der Waals surface area contributed by atoms with E-state index in [0.29, 0.717) is 6.04 Å². The topological polar surface area (TPSA) is 46.0 Å². The third kappa shape index (κ3) is 2.16. The van der Waals surface area contributed by atoms with Crippen LogP contribution in [-0.4, -0.2) is 37.6 Å². The van der Waals surface area contributed by atoms with Crippen LogP contribution in [0.4, 0.5) is 0 Å². The molecule has 1 aliphatic heterocycles. The van der Waals surface area contributed by atoms with Crippen LogP contribution in [0.5, 0.6) is 0 Å². The van der Waals surface area contributed by atoms with Gasteiger partial charge in [-0.1, -0.05) is 5.21 Å². The fourth-order valence-electron chi connectivity index (χ4n) is 1.86. The molecule has 0 spiro atoms. The maximum atomic E-state index is 5.35. The molecule has 5 nitrogen and oxygen atoms in total. The van der Waals surface area contributed by atoms with Crippen LogP contribution < -0.4 is 5.32 Å². The summed E-state index contributed by atoms with van der Waals surface area (Å²) in [5, 5.41) is 12.2. The summed E-state index contributed by atoms with van der Waals surface area (Å²) in [5.74, 6) is 0. The van der Waals surface area contributed by atoms with Crippen molar-refractivity contribution >= 4 is 17.3 Å². The van der Waals surface area contributed by atoms with Crippen molar-refractivity contribution in [3.05, 3.63) is 11.4 Å². The summed E-state index contributed by atoms with van der Waals surface area (Å²) in [4.78, 5) is 2.15. The van der Waals surface area contributed by atoms with Gasteiger partial charge in [-0.05, 0) is 26.1 Å². The van der Waals surface area contributed by atoms with E-state index in [-0.39, 0.29) is 0 Å². The molecule has 1 N–H and O–H groups in total. The summed E-state index contributed by atoms with van der Waals surface area (Å²) in [6.45, 7) is 5.88. The van der Waals surface area contributed by atoms with Gasteiger partial charge in [0.2, 0.25) is 0 Å². The first-order chi connectivity index (χ1) is 7.58. The van der Waals surface area contributed by atoms with Gasteiger partial charge in [0, 0.05) is 26.1 Å². The van der Waals surface area contributed by atoms with Crippen molar-refractivity contribution in [2.45, 2.75) is 32.9 Å². The molecule has 88 valence electrons. The number of rotatable bonds is 1. The second-order valence-corrected chi connectivity index (χ2v) is 4.77. The van der Waals surface area contributed by atoms with Crippen molar-refractivity contribution in [3.63, 3.8) is 0 Å². The van der Waals surface area contributed by atoms with E-state index in [1.54, 1.807) is 0 Å². The number of aryl methyl sites for hydroxylation is 1. The van der Waals surface area contributed by atoms with Crippen LogP contribution in [-0.2, 0) is 20.0 Å². The highest BCUT2D eigenvalue weighted by atomic mass is 32.1. The standard InChI is InChI=1S/C10H17N5S/c1-7(2)11-10(16)15-5-4-9-8(6-15)12-13-14(9)3/h7H,4-6H2,1-3H3,(H,11,16). The van der Waals surface area contributed by atoms with Crippen molar-refractivity contribution in [2.75, 3.05) is 6.54 Å². The van der Waals surface area contributed by atoms with Crippen LogP contribution in [0, 0.1) is 0 Å². The lowest BCUT2D eigenvalue weighted by Gasteiger charge is -2.29. The Morgan fingerprint density at radius 3 is 2.94 bits per heavy atom. The molecule has 0 bridgehead atoms. The predicted octanol–water partition coefficient (Wildman–Crippen LogP) is 0.456. The molecule has 0 unspecified atom stereocenters. The smallest absolute Gasteiger partial charge is 0.169 e. The molecule has 0 radical (unpaired) electrons. The summed E-state index contributed by atoms with van der Waals surface area (Å²) in [6.07, 6.45) is 0.957. The molecular formula is C10H17N5S. The van der Waals surface area contributed by atoms with Crippen LogP contribution in [0.3, 0.4) is 0 Å². The SMILES string of the molecule is CC(C)NC(=S)N1CCc2c(nnn2C)C1. The lowest BCUT2D eigenvalue weighted by molar-refractivity contribution is 0.374. The van der Waals surface area contributed by atoms with Crippen LogP contribution in [0.25, 0.3) is 0 Å².